The molecule has 6 heteroatoms. The minimum absolute atomic E-state index is 0.0289. The molecule has 0 saturated carbocycles. The Morgan fingerprint density at radius 1 is 1.53 bits per heavy atom. The van der Waals surface area contributed by atoms with Gasteiger partial charge < -0.3 is 10.6 Å². The van der Waals surface area contributed by atoms with Gasteiger partial charge in [0.25, 0.3) is 0 Å². The van der Waals surface area contributed by atoms with Crippen LogP contribution in [0.15, 0.2) is 23.8 Å². The first-order valence-electron chi connectivity index (χ1n) is 5.39. The molecule has 2 N–H and O–H groups in total. The van der Waals surface area contributed by atoms with E-state index in [0.29, 0.717) is 5.82 Å². The predicted octanol–water partition coefficient (Wildman–Crippen LogP) is 1.73. The number of nitro groups is 1. The number of hydrogen-bond donors (Lipinski definition) is 1. The first-order valence-corrected chi connectivity index (χ1v) is 5.39. The van der Waals surface area contributed by atoms with Crippen LogP contribution in [0.25, 0.3) is 0 Å². The van der Waals surface area contributed by atoms with Gasteiger partial charge in [0.15, 0.2) is 0 Å². The summed E-state index contributed by atoms with van der Waals surface area (Å²) in [4.78, 5) is 16.2. The Labute approximate surface area is 98.9 Å². The predicted molar refractivity (Wildman–Crippen MR) is 65.9 cm³/mol. The summed E-state index contributed by atoms with van der Waals surface area (Å²) in [6, 6.07) is 3.05. The first-order chi connectivity index (χ1) is 8.08. The SMILES string of the molecule is CC1=CCN(c2ccc([N+](=O)[O-])c(N)n2)CC1. The maximum Gasteiger partial charge on any atom is 0.311 e. The summed E-state index contributed by atoms with van der Waals surface area (Å²) in [5.41, 5.74) is 6.78. The second kappa shape index (κ2) is 4.40. The van der Waals surface area contributed by atoms with Crippen molar-refractivity contribution in [1.29, 1.82) is 0 Å². The van der Waals surface area contributed by atoms with Crippen molar-refractivity contribution in [2.75, 3.05) is 23.7 Å². The Balaban J connectivity index is 2.23. The summed E-state index contributed by atoms with van der Waals surface area (Å²) >= 11 is 0. The molecule has 0 saturated heterocycles. The molecule has 1 aliphatic heterocycles. The van der Waals surface area contributed by atoms with E-state index in [4.69, 9.17) is 5.73 Å². The second-order valence-corrected chi connectivity index (χ2v) is 4.08. The lowest BCUT2D eigenvalue weighted by Gasteiger charge is -2.26. The molecule has 0 amide bonds. The van der Waals surface area contributed by atoms with Gasteiger partial charge in [-0.05, 0) is 19.4 Å². The van der Waals surface area contributed by atoms with E-state index in [-0.39, 0.29) is 11.5 Å². The van der Waals surface area contributed by atoms with E-state index in [2.05, 4.69) is 18.0 Å². The lowest BCUT2D eigenvalue weighted by Crippen LogP contribution is -2.29. The van der Waals surface area contributed by atoms with Crippen LogP contribution in [0.3, 0.4) is 0 Å². The molecule has 0 spiro atoms. The third-order valence-corrected chi connectivity index (χ3v) is 2.84. The molecular weight excluding hydrogens is 220 g/mol. The largest absolute Gasteiger partial charge is 0.378 e. The maximum atomic E-state index is 10.6. The highest BCUT2D eigenvalue weighted by Crippen LogP contribution is 2.24. The number of aromatic nitrogens is 1. The van der Waals surface area contributed by atoms with Crippen LogP contribution in [0.5, 0.6) is 0 Å². The lowest BCUT2D eigenvalue weighted by molar-refractivity contribution is -0.384. The van der Waals surface area contributed by atoms with Gasteiger partial charge in [0.1, 0.15) is 5.82 Å². The second-order valence-electron chi connectivity index (χ2n) is 4.08. The van der Waals surface area contributed by atoms with Gasteiger partial charge in [-0.1, -0.05) is 11.6 Å². The van der Waals surface area contributed by atoms with E-state index in [1.807, 2.05) is 4.90 Å². The lowest BCUT2D eigenvalue weighted by atomic mass is 10.1. The fourth-order valence-electron chi connectivity index (χ4n) is 1.77. The first kappa shape index (κ1) is 11.4. The average molecular weight is 234 g/mol. The van der Waals surface area contributed by atoms with Crippen molar-refractivity contribution in [2.45, 2.75) is 13.3 Å². The Kier molecular flexibility index (Phi) is 2.95. The summed E-state index contributed by atoms with van der Waals surface area (Å²) in [5.74, 6) is 0.663. The fourth-order valence-corrected chi connectivity index (χ4v) is 1.77. The number of nitrogens with zero attached hydrogens (tertiary/aromatic N) is 3. The van der Waals surface area contributed by atoms with Crippen LogP contribution in [-0.2, 0) is 0 Å². The standard InChI is InChI=1S/C11H14N4O2/c1-8-4-6-14(7-5-8)10-3-2-9(15(16)17)11(12)13-10/h2-4H,5-7H2,1H3,(H2,12,13). The van der Waals surface area contributed by atoms with E-state index in [0.717, 1.165) is 19.5 Å². The van der Waals surface area contributed by atoms with Gasteiger partial charge in [-0.15, -0.1) is 0 Å². The number of nitrogen functional groups attached to an aromatic ring is 1. The van der Waals surface area contributed by atoms with E-state index < -0.39 is 4.92 Å². The number of pyridine rings is 1. The van der Waals surface area contributed by atoms with Crippen molar-refractivity contribution in [3.63, 3.8) is 0 Å². The molecule has 6 nitrogen and oxygen atoms in total. The summed E-state index contributed by atoms with van der Waals surface area (Å²) in [7, 11) is 0. The molecule has 2 heterocycles. The average Bonchev–Trinajstić information content (AvgIpc) is 2.29. The maximum absolute atomic E-state index is 10.6. The molecule has 90 valence electrons. The molecule has 2 rings (SSSR count). The molecule has 1 aliphatic rings. The van der Waals surface area contributed by atoms with Crippen LogP contribution in [0.1, 0.15) is 13.3 Å². The number of anilines is 2. The third-order valence-electron chi connectivity index (χ3n) is 2.84. The molecule has 17 heavy (non-hydrogen) atoms. The molecule has 1 aromatic heterocycles. The Hall–Kier alpha value is -2.11. The van der Waals surface area contributed by atoms with E-state index >= 15 is 0 Å². The van der Waals surface area contributed by atoms with Crippen LogP contribution in [-0.4, -0.2) is 23.0 Å². The van der Waals surface area contributed by atoms with Crippen molar-refractivity contribution < 1.29 is 4.92 Å². The van der Waals surface area contributed by atoms with Crippen molar-refractivity contribution >= 4 is 17.3 Å². The van der Waals surface area contributed by atoms with Crippen LogP contribution in [0.4, 0.5) is 17.3 Å². The fraction of sp³-hybridized carbons (Fsp3) is 0.364. The van der Waals surface area contributed by atoms with Gasteiger partial charge in [0.05, 0.1) is 4.92 Å². The zero-order valence-corrected chi connectivity index (χ0v) is 9.59. The highest BCUT2D eigenvalue weighted by Gasteiger charge is 2.16. The van der Waals surface area contributed by atoms with E-state index in [9.17, 15) is 10.1 Å². The van der Waals surface area contributed by atoms with Gasteiger partial charge >= 0.3 is 5.69 Å². The molecule has 0 fully saturated rings. The number of hydrogen-bond acceptors (Lipinski definition) is 5. The molecular formula is C11H14N4O2. The molecule has 0 aromatic carbocycles. The zero-order chi connectivity index (χ0) is 12.4. The number of rotatable bonds is 2. The Bertz CT molecular complexity index is 484. The van der Waals surface area contributed by atoms with Crippen molar-refractivity contribution in [3.8, 4) is 0 Å². The van der Waals surface area contributed by atoms with E-state index in [1.54, 1.807) is 6.07 Å². The van der Waals surface area contributed by atoms with Crippen molar-refractivity contribution in [1.82, 2.24) is 4.98 Å². The topological polar surface area (TPSA) is 85.3 Å². The van der Waals surface area contributed by atoms with Crippen molar-refractivity contribution in [2.24, 2.45) is 0 Å². The molecule has 0 unspecified atom stereocenters. The molecule has 0 bridgehead atoms. The van der Waals surface area contributed by atoms with Gasteiger partial charge in [0, 0.05) is 19.2 Å². The summed E-state index contributed by atoms with van der Waals surface area (Å²) in [6.45, 7) is 3.73. The van der Waals surface area contributed by atoms with Crippen LogP contribution in [0.2, 0.25) is 0 Å². The van der Waals surface area contributed by atoms with Gasteiger partial charge in [-0.25, -0.2) is 4.98 Å². The number of nitrogens with two attached hydrogens (primary N) is 1. The molecule has 0 radical (unpaired) electrons. The van der Waals surface area contributed by atoms with E-state index in [1.165, 1.54) is 11.6 Å². The normalized spacial score (nSPS) is 15.6. The minimum atomic E-state index is -0.521. The quantitative estimate of drug-likeness (QED) is 0.478. The minimum Gasteiger partial charge on any atom is -0.378 e. The zero-order valence-electron chi connectivity index (χ0n) is 9.59. The highest BCUT2D eigenvalue weighted by atomic mass is 16.6. The monoisotopic (exact) mass is 234 g/mol. The van der Waals surface area contributed by atoms with Crippen LogP contribution < -0.4 is 10.6 Å². The summed E-state index contributed by atoms with van der Waals surface area (Å²) < 4.78 is 0. The Morgan fingerprint density at radius 2 is 2.29 bits per heavy atom. The highest BCUT2D eigenvalue weighted by molar-refractivity contribution is 5.58. The van der Waals surface area contributed by atoms with Crippen LogP contribution >= 0.6 is 0 Å². The molecule has 0 aliphatic carbocycles. The van der Waals surface area contributed by atoms with Gasteiger partial charge in [-0.2, -0.15) is 0 Å². The molecule has 1 aromatic rings. The Morgan fingerprint density at radius 3 is 2.82 bits per heavy atom. The van der Waals surface area contributed by atoms with Gasteiger partial charge in [-0.3, -0.25) is 10.1 Å². The summed E-state index contributed by atoms with van der Waals surface area (Å²) in [6.07, 6.45) is 3.11. The summed E-state index contributed by atoms with van der Waals surface area (Å²) in [5, 5.41) is 10.6. The van der Waals surface area contributed by atoms with Gasteiger partial charge in [0.2, 0.25) is 5.82 Å². The van der Waals surface area contributed by atoms with Crippen molar-refractivity contribution in [3.05, 3.63) is 33.9 Å². The third kappa shape index (κ3) is 2.35. The van der Waals surface area contributed by atoms with Crippen LogP contribution in [0, 0.1) is 10.1 Å². The molecule has 0 atom stereocenters. The smallest absolute Gasteiger partial charge is 0.311 e.